The number of rotatable bonds is 4. The van der Waals surface area contributed by atoms with Gasteiger partial charge in [0.05, 0.1) is 12.6 Å². The van der Waals surface area contributed by atoms with E-state index in [1.54, 1.807) is 24.3 Å². The summed E-state index contributed by atoms with van der Waals surface area (Å²) < 4.78 is 0. The van der Waals surface area contributed by atoms with Crippen molar-refractivity contribution >= 4 is 11.6 Å². The second-order valence-electron chi connectivity index (χ2n) is 2.98. The summed E-state index contributed by atoms with van der Waals surface area (Å²) in [5.74, 6) is 0. The molecule has 5 nitrogen and oxygen atoms in total. The van der Waals surface area contributed by atoms with Gasteiger partial charge in [-0.05, 0) is 23.2 Å². The van der Waals surface area contributed by atoms with E-state index in [0.717, 1.165) is 0 Å². The minimum Gasteiger partial charge on any atom is -0.390 e. The number of nitrogens with zero attached hydrogens (tertiary/aromatic N) is 3. The minimum atomic E-state index is -1.13. The van der Waals surface area contributed by atoms with Crippen LogP contribution in [-0.2, 0) is 0 Å². The first-order chi connectivity index (χ1) is 7.15. The largest absolute Gasteiger partial charge is 0.390 e. The lowest BCUT2D eigenvalue weighted by Crippen LogP contribution is -2.21. The zero-order chi connectivity index (χ0) is 11.3. The van der Waals surface area contributed by atoms with Gasteiger partial charge in [0, 0.05) is 9.93 Å². The van der Waals surface area contributed by atoms with Gasteiger partial charge in [-0.15, -0.1) is 0 Å². The van der Waals surface area contributed by atoms with Crippen LogP contribution in [0.25, 0.3) is 10.4 Å². The molecule has 2 unspecified atom stereocenters. The smallest absolute Gasteiger partial charge is 0.105 e. The van der Waals surface area contributed by atoms with Crippen molar-refractivity contribution in [3.63, 3.8) is 0 Å². The van der Waals surface area contributed by atoms with Crippen LogP contribution in [0.2, 0.25) is 5.02 Å². The van der Waals surface area contributed by atoms with Gasteiger partial charge in [0.2, 0.25) is 0 Å². The Bertz CT molecular complexity index is 379. The fraction of sp³-hybridized carbons (Fsp3) is 0.333. The van der Waals surface area contributed by atoms with Crippen LogP contribution < -0.4 is 0 Å². The zero-order valence-corrected chi connectivity index (χ0v) is 8.54. The van der Waals surface area contributed by atoms with Crippen molar-refractivity contribution in [2.75, 3.05) is 6.54 Å². The monoisotopic (exact) mass is 227 g/mol. The van der Waals surface area contributed by atoms with Gasteiger partial charge in [-0.2, -0.15) is 0 Å². The molecule has 2 N–H and O–H groups in total. The Labute approximate surface area is 91.6 Å². The van der Waals surface area contributed by atoms with Crippen molar-refractivity contribution in [3.05, 3.63) is 45.3 Å². The summed E-state index contributed by atoms with van der Waals surface area (Å²) >= 11 is 5.72. The molecule has 0 aliphatic rings. The molecular weight excluding hydrogens is 218 g/mol. The molecule has 0 aliphatic carbocycles. The number of aliphatic hydroxyl groups excluding tert-OH is 2. The lowest BCUT2D eigenvalue weighted by Gasteiger charge is -2.16. The van der Waals surface area contributed by atoms with Gasteiger partial charge >= 0.3 is 0 Å². The summed E-state index contributed by atoms with van der Waals surface area (Å²) in [6.07, 6.45) is -2.23. The number of hydrogen-bond acceptors (Lipinski definition) is 3. The van der Waals surface area contributed by atoms with Gasteiger partial charge in [-0.3, -0.25) is 0 Å². The highest BCUT2D eigenvalue weighted by Gasteiger charge is 2.17. The maximum absolute atomic E-state index is 9.65. The van der Waals surface area contributed by atoms with Gasteiger partial charge < -0.3 is 10.2 Å². The van der Waals surface area contributed by atoms with Gasteiger partial charge in [-0.25, -0.2) is 0 Å². The van der Waals surface area contributed by atoms with E-state index in [1.807, 2.05) is 0 Å². The minimum absolute atomic E-state index is 0.176. The van der Waals surface area contributed by atoms with Crippen LogP contribution in [0.15, 0.2) is 29.4 Å². The van der Waals surface area contributed by atoms with E-state index in [4.69, 9.17) is 17.1 Å². The number of hydrogen-bond donors (Lipinski definition) is 2. The number of benzene rings is 1. The standard InChI is InChI=1S/C9H10ClN3O2/c10-7-3-1-2-6(4-7)9(15)8(14)5-12-13-11/h1-4,8-9,14-15H,5H2. The third-order valence-corrected chi connectivity index (χ3v) is 2.12. The van der Waals surface area contributed by atoms with E-state index in [2.05, 4.69) is 10.0 Å². The Hall–Kier alpha value is -1.26. The molecule has 80 valence electrons. The van der Waals surface area contributed by atoms with Crippen LogP contribution in [0.3, 0.4) is 0 Å². The molecule has 0 bridgehead atoms. The second-order valence-corrected chi connectivity index (χ2v) is 3.42. The molecule has 0 fully saturated rings. The fourth-order valence-electron chi connectivity index (χ4n) is 1.13. The number of azide groups is 1. The average Bonchev–Trinajstić information content (AvgIpc) is 2.24. The van der Waals surface area contributed by atoms with Crippen molar-refractivity contribution < 1.29 is 10.2 Å². The molecule has 6 heteroatoms. The Morgan fingerprint density at radius 3 is 2.80 bits per heavy atom. The Balaban J connectivity index is 2.75. The summed E-state index contributed by atoms with van der Waals surface area (Å²) in [6.45, 7) is -0.176. The topological polar surface area (TPSA) is 89.2 Å². The molecular formula is C9H10ClN3O2. The first-order valence-electron chi connectivity index (χ1n) is 4.27. The summed E-state index contributed by atoms with van der Waals surface area (Å²) in [4.78, 5) is 2.50. The Kier molecular flexibility index (Phi) is 4.39. The maximum Gasteiger partial charge on any atom is 0.105 e. The van der Waals surface area contributed by atoms with Crippen LogP contribution in [0.5, 0.6) is 0 Å². The molecule has 0 aromatic heterocycles. The predicted octanol–water partition coefficient (Wildman–Crippen LogP) is 2.04. The molecule has 1 aromatic carbocycles. The molecule has 0 heterocycles. The van der Waals surface area contributed by atoms with Gasteiger partial charge in [0.25, 0.3) is 0 Å². The predicted molar refractivity (Wildman–Crippen MR) is 56.4 cm³/mol. The van der Waals surface area contributed by atoms with Crippen LogP contribution in [0, 0.1) is 0 Å². The van der Waals surface area contributed by atoms with Crippen molar-refractivity contribution in [2.24, 2.45) is 5.11 Å². The van der Waals surface area contributed by atoms with Crippen molar-refractivity contribution in [1.82, 2.24) is 0 Å². The van der Waals surface area contributed by atoms with Crippen molar-refractivity contribution in [2.45, 2.75) is 12.2 Å². The van der Waals surface area contributed by atoms with Crippen LogP contribution >= 0.6 is 11.6 Å². The Morgan fingerprint density at radius 2 is 2.20 bits per heavy atom. The molecule has 1 aromatic rings. The van der Waals surface area contributed by atoms with Crippen LogP contribution in [0.4, 0.5) is 0 Å². The SMILES string of the molecule is [N-]=[N+]=NCC(O)C(O)c1cccc(Cl)c1. The Morgan fingerprint density at radius 1 is 1.47 bits per heavy atom. The van der Waals surface area contributed by atoms with E-state index < -0.39 is 12.2 Å². The normalized spacial score (nSPS) is 14.1. The first kappa shape index (κ1) is 11.8. The van der Waals surface area contributed by atoms with E-state index >= 15 is 0 Å². The molecule has 0 amide bonds. The van der Waals surface area contributed by atoms with Crippen molar-refractivity contribution in [1.29, 1.82) is 0 Å². The van der Waals surface area contributed by atoms with E-state index in [-0.39, 0.29) is 6.54 Å². The number of aliphatic hydroxyl groups is 2. The summed E-state index contributed by atoms with van der Waals surface area (Å²) in [6, 6.07) is 6.51. The molecule has 0 aliphatic heterocycles. The van der Waals surface area contributed by atoms with Gasteiger partial charge in [-0.1, -0.05) is 28.8 Å². The highest BCUT2D eigenvalue weighted by atomic mass is 35.5. The maximum atomic E-state index is 9.65. The van der Waals surface area contributed by atoms with Crippen LogP contribution in [0.1, 0.15) is 11.7 Å². The highest BCUT2D eigenvalue weighted by molar-refractivity contribution is 6.30. The molecule has 0 saturated heterocycles. The third kappa shape index (κ3) is 3.42. The molecule has 1 rings (SSSR count). The molecule has 0 radical (unpaired) electrons. The summed E-state index contributed by atoms with van der Waals surface area (Å²) in [5.41, 5.74) is 8.55. The van der Waals surface area contributed by atoms with Gasteiger partial charge in [0.1, 0.15) is 6.10 Å². The van der Waals surface area contributed by atoms with E-state index in [9.17, 15) is 10.2 Å². The van der Waals surface area contributed by atoms with E-state index in [1.165, 1.54) is 0 Å². The summed E-state index contributed by atoms with van der Waals surface area (Å²) in [7, 11) is 0. The molecule has 15 heavy (non-hydrogen) atoms. The molecule has 2 atom stereocenters. The lowest BCUT2D eigenvalue weighted by molar-refractivity contribution is 0.0244. The third-order valence-electron chi connectivity index (χ3n) is 1.89. The summed E-state index contributed by atoms with van der Waals surface area (Å²) in [5, 5.41) is 22.7. The second kappa shape index (κ2) is 5.58. The quantitative estimate of drug-likeness (QED) is 0.468. The van der Waals surface area contributed by atoms with Crippen molar-refractivity contribution in [3.8, 4) is 0 Å². The fourth-order valence-corrected chi connectivity index (χ4v) is 1.33. The first-order valence-corrected chi connectivity index (χ1v) is 4.65. The molecule has 0 spiro atoms. The van der Waals surface area contributed by atoms with E-state index in [0.29, 0.717) is 10.6 Å². The zero-order valence-electron chi connectivity index (χ0n) is 7.79. The molecule has 0 saturated carbocycles. The number of halogens is 1. The highest BCUT2D eigenvalue weighted by Crippen LogP contribution is 2.20. The van der Waals surface area contributed by atoms with Crippen LogP contribution in [-0.4, -0.2) is 22.9 Å². The lowest BCUT2D eigenvalue weighted by atomic mass is 10.0. The van der Waals surface area contributed by atoms with Gasteiger partial charge in [0.15, 0.2) is 0 Å². The average molecular weight is 228 g/mol.